The predicted octanol–water partition coefficient (Wildman–Crippen LogP) is 2.56. The highest BCUT2D eigenvalue weighted by Crippen LogP contribution is 2.28. The standard InChI is InChI=1S/C20H34N4O4/c1-20(2,3)28-19(27)23-16(10-9-14-7-5-4-6-8-14)18(26)24-13-15(17(21)25)11-12-22-24/h12,14-16H,4-11,13H2,1-3H3,(H2,21,25)(H,23,27)/t15?,16-/m0/s1. The van der Waals surface area contributed by atoms with Crippen molar-refractivity contribution in [2.75, 3.05) is 6.54 Å². The average Bonchev–Trinajstić information content (AvgIpc) is 2.64. The van der Waals surface area contributed by atoms with Crippen molar-refractivity contribution in [1.82, 2.24) is 10.3 Å². The highest BCUT2D eigenvalue weighted by molar-refractivity contribution is 5.88. The maximum absolute atomic E-state index is 13.0. The van der Waals surface area contributed by atoms with Crippen LogP contribution in [0.3, 0.4) is 0 Å². The molecule has 0 aromatic heterocycles. The van der Waals surface area contributed by atoms with Crippen LogP contribution in [0.15, 0.2) is 5.10 Å². The maximum Gasteiger partial charge on any atom is 0.408 e. The summed E-state index contributed by atoms with van der Waals surface area (Å²) >= 11 is 0. The monoisotopic (exact) mass is 394 g/mol. The second kappa shape index (κ2) is 9.89. The third-order valence-electron chi connectivity index (χ3n) is 5.24. The summed E-state index contributed by atoms with van der Waals surface area (Å²) in [5.74, 6) is -0.665. The number of rotatable bonds is 6. The van der Waals surface area contributed by atoms with Gasteiger partial charge < -0.3 is 15.8 Å². The summed E-state index contributed by atoms with van der Waals surface area (Å²) in [6, 6.07) is -0.736. The van der Waals surface area contributed by atoms with Gasteiger partial charge >= 0.3 is 6.09 Å². The summed E-state index contributed by atoms with van der Waals surface area (Å²) in [6.07, 6.45) is 8.76. The van der Waals surface area contributed by atoms with E-state index in [1.165, 1.54) is 43.3 Å². The minimum absolute atomic E-state index is 0.139. The first-order valence-electron chi connectivity index (χ1n) is 10.3. The number of hydrogen-bond acceptors (Lipinski definition) is 5. The minimum atomic E-state index is -0.736. The van der Waals surface area contributed by atoms with Gasteiger partial charge in [-0.2, -0.15) is 5.10 Å². The predicted molar refractivity (Wildman–Crippen MR) is 106 cm³/mol. The van der Waals surface area contributed by atoms with Crippen LogP contribution in [0.5, 0.6) is 0 Å². The molecule has 8 heteroatoms. The van der Waals surface area contributed by atoms with E-state index in [-0.39, 0.29) is 12.5 Å². The molecule has 2 rings (SSSR count). The molecule has 1 heterocycles. The molecule has 0 saturated heterocycles. The zero-order chi connectivity index (χ0) is 20.7. The van der Waals surface area contributed by atoms with Crippen LogP contribution >= 0.6 is 0 Å². The lowest BCUT2D eigenvalue weighted by Gasteiger charge is -2.30. The van der Waals surface area contributed by atoms with Crippen molar-refractivity contribution in [3.8, 4) is 0 Å². The number of ether oxygens (including phenoxy) is 1. The lowest BCUT2D eigenvalue weighted by Crippen LogP contribution is -2.51. The van der Waals surface area contributed by atoms with Crippen LogP contribution in [0.2, 0.25) is 0 Å². The zero-order valence-electron chi connectivity index (χ0n) is 17.3. The Balaban J connectivity index is 2.03. The van der Waals surface area contributed by atoms with Gasteiger partial charge in [0.05, 0.1) is 12.5 Å². The molecule has 0 radical (unpaired) electrons. The van der Waals surface area contributed by atoms with E-state index in [0.29, 0.717) is 18.8 Å². The molecular weight excluding hydrogens is 360 g/mol. The Labute approximate surface area is 167 Å². The maximum atomic E-state index is 13.0. The van der Waals surface area contributed by atoms with Gasteiger partial charge in [-0.3, -0.25) is 9.59 Å². The molecule has 1 aliphatic carbocycles. The van der Waals surface area contributed by atoms with Crippen LogP contribution in [0.25, 0.3) is 0 Å². The molecule has 1 unspecified atom stereocenters. The Morgan fingerprint density at radius 1 is 1.25 bits per heavy atom. The number of primary amides is 1. The Morgan fingerprint density at radius 3 is 2.54 bits per heavy atom. The van der Waals surface area contributed by atoms with E-state index in [4.69, 9.17) is 10.5 Å². The second-order valence-electron chi connectivity index (χ2n) is 8.83. The Hall–Kier alpha value is -2.12. The molecular formula is C20H34N4O4. The molecule has 2 atom stereocenters. The molecule has 0 bridgehead atoms. The van der Waals surface area contributed by atoms with E-state index in [1.54, 1.807) is 20.8 Å². The number of nitrogens with one attached hydrogen (secondary N) is 1. The van der Waals surface area contributed by atoms with Crippen molar-refractivity contribution < 1.29 is 19.1 Å². The number of hydrogen-bond donors (Lipinski definition) is 2. The summed E-state index contributed by atoms with van der Waals surface area (Å²) < 4.78 is 5.32. The number of nitrogens with zero attached hydrogens (tertiary/aromatic N) is 2. The van der Waals surface area contributed by atoms with Crippen molar-refractivity contribution >= 4 is 24.1 Å². The smallest absolute Gasteiger partial charge is 0.408 e. The molecule has 158 valence electrons. The Kier molecular flexibility index (Phi) is 7.83. The molecule has 3 amide bonds. The van der Waals surface area contributed by atoms with Gasteiger partial charge in [-0.1, -0.05) is 32.1 Å². The molecule has 1 aliphatic heterocycles. The second-order valence-corrected chi connectivity index (χ2v) is 8.83. The zero-order valence-corrected chi connectivity index (χ0v) is 17.3. The first-order chi connectivity index (χ1) is 13.2. The molecule has 0 aromatic carbocycles. The highest BCUT2D eigenvalue weighted by Gasteiger charge is 2.32. The van der Waals surface area contributed by atoms with Gasteiger partial charge in [-0.05, 0) is 46.0 Å². The van der Waals surface area contributed by atoms with Crippen molar-refractivity contribution in [3.05, 3.63) is 0 Å². The first-order valence-corrected chi connectivity index (χ1v) is 10.3. The van der Waals surface area contributed by atoms with Gasteiger partial charge in [0.25, 0.3) is 5.91 Å². The number of carbonyl (C=O) groups is 3. The molecule has 0 aromatic rings. The van der Waals surface area contributed by atoms with Gasteiger partial charge in [0.15, 0.2) is 0 Å². The SMILES string of the molecule is CC(C)(C)OC(=O)N[C@@H](CCC1CCCCC1)C(=O)N1CC(C(N)=O)CC=N1. The van der Waals surface area contributed by atoms with Crippen LogP contribution in [0.1, 0.15) is 72.1 Å². The summed E-state index contributed by atoms with van der Waals surface area (Å²) in [5, 5.41) is 8.08. The van der Waals surface area contributed by atoms with Crippen LogP contribution < -0.4 is 11.1 Å². The third-order valence-corrected chi connectivity index (χ3v) is 5.24. The number of hydrazone groups is 1. The quantitative estimate of drug-likeness (QED) is 0.720. The van der Waals surface area contributed by atoms with E-state index < -0.39 is 29.6 Å². The Morgan fingerprint density at radius 2 is 1.93 bits per heavy atom. The van der Waals surface area contributed by atoms with Crippen LogP contribution in [-0.4, -0.2) is 47.3 Å². The van der Waals surface area contributed by atoms with E-state index >= 15 is 0 Å². The number of nitrogens with two attached hydrogens (primary N) is 1. The van der Waals surface area contributed by atoms with Crippen molar-refractivity contribution in [1.29, 1.82) is 0 Å². The van der Waals surface area contributed by atoms with Crippen molar-refractivity contribution in [3.63, 3.8) is 0 Å². The molecule has 0 spiro atoms. The summed E-state index contributed by atoms with van der Waals surface area (Å²) in [6.45, 7) is 5.47. The van der Waals surface area contributed by atoms with Crippen LogP contribution in [0.4, 0.5) is 4.79 Å². The van der Waals surface area contributed by atoms with E-state index in [1.807, 2.05) is 0 Å². The van der Waals surface area contributed by atoms with Gasteiger partial charge in [-0.15, -0.1) is 0 Å². The van der Waals surface area contributed by atoms with Gasteiger partial charge in [-0.25, -0.2) is 9.80 Å². The molecule has 3 N–H and O–H groups in total. The minimum Gasteiger partial charge on any atom is -0.444 e. The van der Waals surface area contributed by atoms with Crippen molar-refractivity contribution in [2.45, 2.75) is 83.8 Å². The molecule has 1 fully saturated rings. The lowest BCUT2D eigenvalue weighted by molar-refractivity contribution is -0.135. The first kappa shape index (κ1) is 22.2. The topological polar surface area (TPSA) is 114 Å². The summed E-state index contributed by atoms with van der Waals surface area (Å²) in [5.41, 5.74) is 4.73. The molecule has 1 saturated carbocycles. The van der Waals surface area contributed by atoms with Crippen LogP contribution in [0, 0.1) is 11.8 Å². The molecule has 28 heavy (non-hydrogen) atoms. The fourth-order valence-electron chi connectivity index (χ4n) is 3.72. The van der Waals surface area contributed by atoms with Gasteiger partial charge in [0, 0.05) is 6.21 Å². The molecule has 2 aliphatic rings. The normalized spacial score (nSPS) is 21.8. The number of carbonyl (C=O) groups excluding carboxylic acids is 3. The largest absolute Gasteiger partial charge is 0.444 e. The summed E-state index contributed by atoms with van der Waals surface area (Å²) in [7, 11) is 0. The third kappa shape index (κ3) is 7.13. The van der Waals surface area contributed by atoms with Gasteiger partial charge in [0.2, 0.25) is 5.91 Å². The number of alkyl carbamates (subject to hydrolysis) is 1. The molecule has 8 nitrogen and oxygen atoms in total. The van der Waals surface area contributed by atoms with Crippen molar-refractivity contribution in [2.24, 2.45) is 22.7 Å². The van der Waals surface area contributed by atoms with Crippen LogP contribution in [-0.2, 0) is 14.3 Å². The number of amides is 3. The highest BCUT2D eigenvalue weighted by atomic mass is 16.6. The average molecular weight is 395 g/mol. The van der Waals surface area contributed by atoms with E-state index in [0.717, 1.165) is 6.42 Å². The fraction of sp³-hybridized carbons (Fsp3) is 0.800. The lowest BCUT2D eigenvalue weighted by atomic mass is 9.85. The van der Waals surface area contributed by atoms with E-state index in [9.17, 15) is 14.4 Å². The summed E-state index contributed by atoms with van der Waals surface area (Å²) in [4.78, 5) is 36.8. The van der Waals surface area contributed by atoms with Gasteiger partial charge in [0.1, 0.15) is 11.6 Å². The fourth-order valence-corrected chi connectivity index (χ4v) is 3.72. The van der Waals surface area contributed by atoms with E-state index in [2.05, 4.69) is 10.4 Å². The Bertz CT molecular complexity index is 594.